The summed E-state index contributed by atoms with van der Waals surface area (Å²) in [4.78, 5) is 32.9. The van der Waals surface area contributed by atoms with Crippen molar-refractivity contribution in [2.24, 2.45) is 0 Å². The predicted molar refractivity (Wildman–Crippen MR) is 97.2 cm³/mol. The van der Waals surface area contributed by atoms with Gasteiger partial charge >= 0.3 is 0 Å². The smallest absolute Gasteiger partial charge is 0.265 e. The molecule has 3 rings (SSSR count). The Kier molecular flexibility index (Phi) is 5.62. The van der Waals surface area contributed by atoms with Gasteiger partial charge in [0.1, 0.15) is 12.4 Å². The third kappa shape index (κ3) is 4.34. The lowest BCUT2D eigenvalue weighted by atomic mass is 10.3. The van der Waals surface area contributed by atoms with Crippen LogP contribution in [-0.2, 0) is 9.53 Å². The van der Waals surface area contributed by atoms with Gasteiger partial charge in [-0.15, -0.1) is 11.3 Å². The summed E-state index contributed by atoms with van der Waals surface area (Å²) < 4.78 is 4.89. The zero-order chi connectivity index (χ0) is 17.6. The molecule has 0 spiro atoms. The molecule has 1 fully saturated rings. The number of aromatic nitrogens is 1. The Hall–Kier alpha value is -2.45. The first-order valence-electron chi connectivity index (χ1n) is 8.00. The predicted octanol–water partition coefficient (Wildman–Crippen LogP) is 1.69. The third-order valence-corrected chi connectivity index (χ3v) is 4.84. The number of hydrogen-bond donors (Lipinski definition) is 1. The van der Waals surface area contributed by atoms with Gasteiger partial charge in [-0.2, -0.15) is 0 Å². The first-order valence-corrected chi connectivity index (χ1v) is 8.88. The van der Waals surface area contributed by atoms with Crippen LogP contribution >= 0.6 is 11.3 Å². The van der Waals surface area contributed by atoms with Gasteiger partial charge in [-0.05, 0) is 23.6 Å². The molecular formula is C17H20N4O3S. The van der Waals surface area contributed by atoms with Crippen LogP contribution in [-0.4, -0.2) is 61.6 Å². The first kappa shape index (κ1) is 17.4. The SMILES string of the molecule is COCC(=O)N1CCN(c2ccc(NC(=O)c3cccs3)cn2)CC1. The summed E-state index contributed by atoms with van der Waals surface area (Å²) in [6, 6.07) is 7.36. The van der Waals surface area contributed by atoms with Crippen molar-refractivity contribution < 1.29 is 14.3 Å². The van der Waals surface area contributed by atoms with E-state index >= 15 is 0 Å². The van der Waals surface area contributed by atoms with Gasteiger partial charge in [0.15, 0.2) is 0 Å². The van der Waals surface area contributed by atoms with Crippen LogP contribution in [0.2, 0.25) is 0 Å². The largest absolute Gasteiger partial charge is 0.375 e. The fourth-order valence-corrected chi connectivity index (χ4v) is 3.27. The highest BCUT2D eigenvalue weighted by Gasteiger charge is 2.21. The number of rotatable bonds is 5. The van der Waals surface area contributed by atoms with Gasteiger partial charge in [-0.3, -0.25) is 9.59 Å². The van der Waals surface area contributed by atoms with Gasteiger partial charge in [-0.25, -0.2) is 4.98 Å². The van der Waals surface area contributed by atoms with Gasteiger partial charge < -0.3 is 19.9 Å². The maximum absolute atomic E-state index is 12.0. The molecule has 0 aliphatic carbocycles. The van der Waals surface area contributed by atoms with Crippen LogP contribution in [0.1, 0.15) is 9.67 Å². The number of carbonyl (C=O) groups excluding carboxylic acids is 2. The zero-order valence-corrected chi connectivity index (χ0v) is 14.8. The molecule has 25 heavy (non-hydrogen) atoms. The molecule has 0 bridgehead atoms. The molecule has 1 N–H and O–H groups in total. The number of thiophene rings is 1. The van der Waals surface area contributed by atoms with Crippen molar-refractivity contribution >= 4 is 34.7 Å². The third-order valence-electron chi connectivity index (χ3n) is 3.97. The van der Waals surface area contributed by atoms with E-state index in [0.29, 0.717) is 23.7 Å². The molecule has 8 heteroatoms. The number of carbonyl (C=O) groups is 2. The molecule has 0 saturated carbocycles. The molecule has 0 unspecified atom stereocenters. The second-order valence-corrected chi connectivity index (χ2v) is 6.59. The number of piperazine rings is 1. The summed E-state index contributed by atoms with van der Waals surface area (Å²) >= 11 is 1.40. The molecular weight excluding hydrogens is 340 g/mol. The molecule has 2 aromatic heterocycles. The second-order valence-electron chi connectivity index (χ2n) is 5.64. The number of pyridine rings is 1. The number of nitrogens with zero attached hydrogens (tertiary/aromatic N) is 3. The highest BCUT2D eigenvalue weighted by Crippen LogP contribution is 2.18. The average Bonchev–Trinajstić information content (AvgIpc) is 3.18. The topological polar surface area (TPSA) is 74.8 Å². The number of anilines is 2. The molecule has 1 aliphatic heterocycles. The number of hydrogen-bond acceptors (Lipinski definition) is 6. The van der Waals surface area contributed by atoms with Gasteiger partial charge in [0, 0.05) is 33.3 Å². The van der Waals surface area contributed by atoms with E-state index in [1.54, 1.807) is 17.2 Å². The van der Waals surface area contributed by atoms with Gasteiger partial charge in [-0.1, -0.05) is 6.07 Å². The average molecular weight is 360 g/mol. The van der Waals surface area contributed by atoms with Crippen LogP contribution < -0.4 is 10.2 Å². The van der Waals surface area contributed by atoms with E-state index in [1.165, 1.54) is 18.4 Å². The molecule has 0 radical (unpaired) electrons. The van der Waals surface area contributed by atoms with E-state index < -0.39 is 0 Å². The minimum absolute atomic E-state index is 0.0155. The van der Waals surface area contributed by atoms with E-state index in [1.807, 2.05) is 23.6 Å². The fraction of sp³-hybridized carbons (Fsp3) is 0.353. The van der Waals surface area contributed by atoms with E-state index in [-0.39, 0.29) is 18.4 Å². The molecule has 2 aromatic rings. The van der Waals surface area contributed by atoms with Crippen LogP contribution in [0.15, 0.2) is 35.8 Å². The molecule has 2 amide bonds. The Labute approximate surface area is 150 Å². The zero-order valence-electron chi connectivity index (χ0n) is 14.0. The Morgan fingerprint density at radius 2 is 2.04 bits per heavy atom. The van der Waals surface area contributed by atoms with Crippen molar-refractivity contribution in [2.75, 3.05) is 50.1 Å². The van der Waals surface area contributed by atoms with Crippen LogP contribution in [0.3, 0.4) is 0 Å². The molecule has 1 aliphatic rings. The molecule has 0 aromatic carbocycles. The van der Waals surface area contributed by atoms with Crippen molar-refractivity contribution in [1.29, 1.82) is 0 Å². The second kappa shape index (κ2) is 8.09. The van der Waals surface area contributed by atoms with Crippen LogP contribution in [0, 0.1) is 0 Å². The maximum atomic E-state index is 12.0. The van der Waals surface area contributed by atoms with Crippen LogP contribution in [0.4, 0.5) is 11.5 Å². The minimum Gasteiger partial charge on any atom is -0.375 e. The van der Waals surface area contributed by atoms with Crippen molar-refractivity contribution in [3.8, 4) is 0 Å². The van der Waals surface area contributed by atoms with Crippen molar-refractivity contribution in [2.45, 2.75) is 0 Å². The maximum Gasteiger partial charge on any atom is 0.265 e. The molecule has 3 heterocycles. The van der Waals surface area contributed by atoms with Gasteiger partial charge in [0.2, 0.25) is 5.91 Å². The Morgan fingerprint density at radius 1 is 1.24 bits per heavy atom. The summed E-state index contributed by atoms with van der Waals surface area (Å²) in [7, 11) is 1.52. The first-order chi connectivity index (χ1) is 12.2. The van der Waals surface area contributed by atoms with E-state index in [0.717, 1.165) is 18.9 Å². The van der Waals surface area contributed by atoms with Crippen molar-refractivity contribution in [3.63, 3.8) is 0 Å². The number of nitrogens with one attached hydrogen (secondary N) is 1. The quantitative estimate of drug-likeness (QED) is 0.878. The number of ether oxygens (including phenoxy) is 1. The normalized spacial score (nSPS) is 14.4. The summed E-state index contributed by atoms with van der Waals surface area (Å²) in [5.41, 5.74) is 0.663. The number of amides is 2. The lowest BCUT2D eigenvalue weighted by Crippen LogP contribution is -2.49. The van der Waals surface area contributed by atoms with Gasteiger partial charge in [0.25, 0.3) is 5.91 Å². The summed E-state index contributed by atoms with van der Waals surface area (Å²) in [6.07, 6.45) is 1.66. The summed E-state index contributed by atoms with van der Waals surface area (Å²) in [5.74, 6) is 0.726. The van der Waals surface area contributed by atoms with Crippen molar-refractivity contribution in [1.82, 2.24) is 9.88 Å². The van der Waals surface area contributed by atoms with Crippen molar-refractivity contribution in [3.05, 3.63) is 40.7 Å². The lowest BCUT2D eigenvalue weighted by Gasteiger charge is -2.35. The fourth-order valence-electron chi connectivity index (χ4n) is 2.65. The standard InChI is InChI=1S/C17H20N4O3S/c1-24-12-16(22)21-8-6-20(7-9-21)15-5-4-13(11-18-15)19-17(23)14-3-2-10-25-14/h2-5,10-11H,6-9,12H2,1H3,(H,19,23). The Bertz CT molecular complexity index is 710. The highest BCUT2D eigenvalue weighted by molar-refractivity contribution is 7.12. The van der Waals surface area contributed by atoms with Gasteiger partial charge in [0.05, 0.1) is 16.8 Å². The van der Waals surface area contributed by atoms with Crippen LogP contribution in [0.5, 0.6) is 0 Å². The minimum atomic E-state index is -0.130. The highest BCUT2D eigenvalue weighted by atomic mass is 32.1. The monoisotopic (exact) mass is 360 g/mol. The molecule has 0 atom stereocenters. The Morgan fingerprint density at radius 3 is 2.64 bits per heavy atom. The number of methoxy groups -OCH3 is 1. The van der Waals surface area contributed by atoms with E-state index in [2.05, 4.69) is 15.2 Å². The Balaban J connectivity index is 1.54. The summed E-state index contributed by atoms with van der Waals surface area (Å²) in [5, 5.41) is 4.70. The summed E-state index contributed by atoms with van der Waals surface area (Å²) in [6.45, 7) is 2.88. The molecule has 7 nitrogen and oxygen atoms in total. The lowest BCUT2D eigenvalue weighted by molar-refractivity contribution is -0.135. The van der Waals surface area contributed by atoms with Crippen LogP contribution in [0.25, 0.3) is 0 Å². The van der Waals surface area contributed by atoms with E-state index in [9.17, 15) is 9.59 Å². The van der Waals surface area contributed by atoms with E-state index in [4.69, 9.17) is 4.74 Å². The molecule has 132 valence electrons. The molecule has 1 saturated heterocycles.